The van der Waals surface area contributed by atoms with Gasteiger partial charge in [0, 0.05) is 6.42 Å². The third kappa shape index (κ3) is 6.15. The fourth-order valence-electron chi connectivity index (χ4n) is 0.272. The summed E-state index contributed by atoms with van der Waals surface area (Å²) in [6.45, 7) is 0.576. The second-order valence-corrected chi connectivity index (χ2v) is 8.36. The Morgan fingerprint density at radius 3 is 2.22 bits per heavy atom. The number of rotatable bonds is 2. The van der Waals surface area contributed by atoms with Crippen LogP contribution < -0.4 is 0 Å². The van der Waals surface area contributed by atoms with Crippen molar-refractivity contribution in [1.29, 1.82) is 0 Å². The lowest BCUT2D eigenvalue weighted by Gasteiger charge is -2.09. The van der Waals surface area contributed by atoms with Crippen molar-refractivity contribution >= 4 is 35.1 Å². The van der Waals surface area contributed by atoms with Gasteiger partial charge in [-0.05, 0) is 6.55 Å². The predicted molar refractivity (Wildman–Crippen MR) is 39.7 cm³/mol. The van der Waals surface area contributed by atoms with Crippen LogP contribution in [-0.4, -0.2) is 12.9 Å². The quantitative estimate of drug-likeness (QED) is 0.488. The van der Waals surface area contributed by atoms with Crippen molar-refractivity contribution in [3.63, 3.8) is 0 Å². The lowest BCUT2D eigenvalue weighted by Crippen LogP contribution is -2.23. The van der Waals surface area contributed by atoms with Gasteiger partial charge in [0.2, 0.25) is 0 Å². The summed E-state index contributed by atoms with van der Waals surface area (Å²) in [6, 6.07) is 0. The van der Waals surface area contributed by atoms with Crippen LogP contribution in [0.15, 0.2) is 0 Å². The molecule has 0 aromatic heterocycles. The van der Waals surface area contributed by atoms with E-state index in [1.54, 1.807) is 6.92 Å². The molecule has 0 aromatic carbocycles. The molecule has 0 rings (SSSR count). The van der Waals surface area contributed by atoms with Gasteiger partial charge in [0.15, 0.2) is 0 Å². The predicted octanol–water partition coefficient (Wildman–Crippen LogP) is 1.99. The largest absolute Gasteiger partial charge is 0.492 e. The highest BCUT2D eigenvalue weighted by Gasteiger charge is 2.26. The van der Waals surface area contributed by atoms with Crippen molar-refractivity contribution in [1.82, 2.24) is 0 Å². The summed E-state index contributed by atoms with van der Waals surface area (Å²) in [7, 11) is 0. The van der Waals surface area contributed by atoms with Gasteiger partial charge in [-0.15, -0.1) is 22.2 Å². The first-order chi connectivity index (χ1) is 3.95. The van der Waals surface area contributed by atoms with E-state index >= 15 is 0 Å². The Hall–Kier alpha value is 0.267. The van der Waals surface area contributed by atoms with Crippen LogP contribution in [-0.2, 0) is 9.22 Å². The Balaban J connectivity index is 3.60. The van der Waals surface area contributed by atoms with Gasteiger partial charge in [0.1, 0.15) is 0 Å². The molecular weight excluding hydrogens is 179 g/mol. The second kappa shape index (κ2) is 3.44. The Bertz CT molecular complexity index is 110. The lowest BCUT2D eigenvalue weighted by atomic mass is 10.5. The summed E-state index contributed by atoms with van der Waals surface area (Å²) in [5.41, 5.74) is 0. The molecule has 0 aliphatic carbocycles. The highest BCUT2D eigenvalue weighted by atomic mass is 35.7. The van der Waals surface area contributed by atoms with Crippen LogP contribution >= 0.6 is 22.2 Å². The summed E-state index contributed by atoms with van der Waals surface area (Å²) in [5.74, 6) is -0.339. The minimum atomic E-state index is -2.65. The maximum absolute atomic E-state index is 10.5. The molecule has 0 radical (unpaired) electrons. The number of carbonyl (C=O) groups excluding carboxylic acids is 1. The standard InChI is InChI=1S/C4H8Cl2O2Si/c1-3-4(7)8-9(2,5)6/h3H2,1-2H3. The van der Waals surface area contributed by atoms with Crippen LogP contribution in [0.4, 0.5) is 0 Å². The third-order valence-electron chi connectivity index (χ3n) is 0.582. The van der Waals surface area contributed by atoms with Crippen LogP contribution in [0.25, 0.3) is 0 Å². The zero-order chi connectivity index (χ0) is 7.49. The zero-order valence-electron chi connectivity index (χ0n) is 5.28. The Morgan fingerprint density at radius 1 is 1.67 bits per heavy atom. The maximum atomic E-state index is 10.5. The van der Waals surface area contributed by atoms with E-state index in [0.717, 1.165) is 0 Å². The maximum Gasteiger partial charge on any atom is 0.448 e. The van der Waals surface area contributed by atoms with Gasteiger partial charge >= 0.3 is 6.94 Å². The zero-order valence-corrected chi connectivity index (χ0v) is 7.79. The van der Waals surface area contributed by atoms with E-state index in [1.165, 1.54) is 6.55 Å². The van der Waals surface area contributed by atoms with Crippen molar-refractivity contribution in [2.24, 2.45) is 0 Å². The van der Waals surface area contributed by atoms with E-state index in [9.17, 15) is 4.79 Å². The van der Waals surface area contributed by atoms with Crippen LogP contribution in [0, 0.1) is 0 Å². The van der Waals surface area contributed by atoms with E-state index in [0.29, 0.717) is 6.42 Å². The van der Waals surface area contributed by atoms with Gasteiger partial charge in [0.25, 0.3) is 5.97 Å². The molecule has 0 spiro atoms. The first kappa shape index (κ1) is 9.27. The van der Waals surface area contributed by atoms with E-state index < -0.39 is 6.94 Å². The Morgan fingerprint density at radius 2 is 2.11 bits per heavy atom. The molecule has 0 bridgehead atoms. The van der Waals surface area contributed by atoms with Gasteiger partial charge in [-0.25, -0.2) is 0 Å². The first-order valence-corrected chi connectivity index (χ1v) is 6.98. The molecule has 0 heterocycles. The molecule has 54 valence electrons. The molecule has 0 unspecified atom stereocenters. The molecule has 0 amide bonds. The average molecular weight is 187 g/mol. The molecule has 0 fully saturated rings. The highest BCUT2D eigenvalue weighted by Crippen LogP contribution is 2.15. The van der Waals surface area contributed by atoms with Crippen molar-refractivity contribution in [3.05, 3.63) is 0 Å². The van der Waals surface area contributed by atoms with Gasteiger partial charge in [0.05, 0.1) is 0 Å². The molecule has 0 aliphatic heterocycles. The SMILES string of the molecule is CCC(=O)O[Si](C)(Cl)Cl. The number of hydrogen-bond donors (Lipinski definition) is 0. The van der Waals surface area contributed by atoms with E-state index in [-0.39, 0.29) is 5.97 Å². The molecular formula is C4H8Cl2O2Si. The molecule has 0 aromatic rings. The first-order valence-electron chi connectivity index (χ1n) is 2.55. The summed E-state index contributed by atoms with van der Waals surface area (Å²) in [6.07, 6.45) is 0.321. The topological polar surface area (TPSA) is 26.3 Å². The molecule has 0 aliphatic rings. The molecule has 0 saturated carbocycles. The van der Waals surface area contributed by atoms with Crippen LogP contribution in [0.2, 0.25) is 6.55 Å². The van der Waals surface area contributed by atoms with E-state index in [4.69, 9.17) is 22.2 Å². The summed E-state index contributed by atoms with van der Waals surface area (Å²) in [4.78, 5) is 10.5. The van der Waals surface area contributed by atoms with E-state index in [2.05, 4.69) is 4.43 Å². The molecule has 5 heteroatoms. The minimum Gasteiger partial charge on any atom is -0.492 e. The van der Waals surface area contributed by atoms with Gasteiger partial charge in [-0.2, -0.15) is 0 Å². The fourth-order valence-corrected chi connectivity index (χ4v) is 1.33. The Labute approximate surface area is 64.6 Å². The summed E-state index contributed by atoms with van der Waals surface area (Å²) < 4.78 is 4.62. The number of halogens is 2. The van der Waals surface area contributed by atoms with Crippen molar-refractivity contribution in [2.45, 2.75) is 19.9 Å². The normalized spacial score (nSPS) is 11.1. The van der Waals surface area contributed by atoms with Crippen LogP contribution in [0.3, 0.4) is 0 Å². The monoisotopic (exact) mass is 186 g/mol. The Kier molecular flexibility index (Phi) is 3.54. The molecule has 9 heavy (non-hydrogen) atoms. The molecule has 0 atom stereocenters. The van der Waals surface area contributed by atoms with Crippen molar-refractivity contribution < 1.29 is 9.22 Å². The van der Waals surface area contributed by atoms with Gasteiger partial charge < -0.3 is 4.43 Å². The third-order valence-corrected chi connectivity index (χ3v) is 1.63. The van der Waals surface area contributed by atoms with Gasteiger partial charge in [-0.1, -0.05) is 6.92 Å². The number of hydrogen-bond acceptors (Lipinski definition) is 2. The molecule has 0 N–H and O–H groups in total. The highest BCUT2D eigenvalue weighted by molar-refractivity contribution is 7.42. The smallest absolute Gasteiger partial charge is 0.448 e. The molecule has 2 nitrogen and oxygen atoms in total. The van der Waals surface area contributed by atoms with E-state index in [1.807, 2.05) is 0 Å². The van der Waals surface area contributed by atoms with Gasteiger partial charge in [-0.3, -0.25) is 4.79 Å². The summed E-state index contributed by atoms with van der Waals surface area (Å²) in [5, 5.41) is 0. The lowest BCUT2D eigenvalue weighted by molar-refractivity contribution is -0.134. The number of carbonyl (C=O) groups is 1. The second-order valence-electron chi connectivity index (χ2n) is 1.64. The van der Waals surface area contributed by atoms with Crippen molar-refractivity contribution in [3.8, 4) is 0 Å². The van der Waals surface area contributed by atoms with Crippen molar-refractivity contribution in [2.75, 3.05) is 0 Å². The minimum absolute atomic E-state index is 0.321. The van der Waals surface area contributed by atoms with Crippen LogP contribution in [0.5, 0.6) is 0 Å². The van der Waals surface area contributed by atoms with Crippen LogP contribution in [0.1, 0.15) is 13.3 Å². The molecule has 0 saturated heterocycles. The average Bonchev–Trinajstić information content (AvgIpc) is 1.62. The fraction of sp³-hybridized carbons (Fsp3) is 0.750. The summed E-state index contributed by atoms with van der Waals surface area (Å²) >= 11 is 10.9.